The first-order chi connectivity index (χ1) is 10.5. The topological polar surface area (TPSA) is 68.1 Å². The van der Waals surface area contributed by atoms with Crippen molar-refractivity contribution in [3.63, 3.8) is 0 Å². The van der Waals surface area contributed by atoms with E-state index in [0.29, 0.717) is 30.7 Å². The highest BCUT2D eigenvalue weighted by atomic mass is 32.2. The van der Waals surface area contributed by atoms with Crippen LogP contribution in [0.5, 0.6) is 0 Å². The normalized spacial score (nSPS) is 23.5. The Kier molecular flexibility index (Phi) is 4.01. The molecule has 0 N–H and O–H groups in total. The fraction of sp³-hybridized carbons (Fsp3) is 0.467. The van der Waals surface area contributed by atoms with Gasteiger partial charge < -0.3 is 0 Å². The van der Waals surface area contributed by atoms with Crippen LogP contribution in [-0.4, -0.2) is 40.6 Å². The second-order valence-electron chi connectivity index (χ2n) is 6.08. The molecule has 0 bridgehead atoms. The monoisotopic (exact) mass is 320 g/mol. The van der Waals surface area contributed by atoms with Crippen LogP contribution in [0.1, 0.15) is 20.3 Å². The Morgan fingerprint density at radius 3 is 2.55 bits per heavy atom. The van der Waals surface area contributed by atoms with E-state index in [1.54, 1.807) is 22.6 Å². The maximum atomic E-state index is 12.8. The van der Waals surface area contributed by atoms with Crippen molar-refractivity contribution in [2.24, 2.45) is 11.8 Å². The van der Waals surface area contributed by atoms with Gasteiger partial charge in [0.25, 0.3) is 0 Å². The second-order valence-corrected chi connectivity index (χ2v) is 8.01. The van der Waals surface area contributed by atoms with Gasteiger partial charge in [-0.25, -0.2) is 18.1 Å². The van der Waals surface area contributed by atoms with Crippen LogP contribution < -0.4 is 0 Å². The first-order valence-corrected chi connectivity index (χ1v) is 8.87. The predicted molar refractivity (Wildman–Crippen MR) is 83.1 cm³/mol. The molecule has 0 aliphatic carbocycles. The van der Waals surface area contributed by atoms with E-state index in [1.807, 2.05) is 6.07 Å². The Labute approximate surface area is 130 Å². The van der Waals surface area contributed by atoms with Crippen LogP contribution >= 0.6 is 0 Å². The summed E-state index contributed by atoms with van der Waals surface area (Å²) in [4.78, 5) is 4.39. The first kappa shape index (κ1) is 15.2. The van der Waals surface area contributed by atoms with Crippen molar-refractivity contribution in [1.29, 1.82) is 0 Å². The van der Waals surface area contributed by atoms with Crippen molar-refractivity contribution < 1.29 is 8.42 Å². The van der Waals surface area contributed by atoms with Gasteiger partial charge in [-0.15, -0.1) is 0 Å². The molecule has 7 heteroatoms. The zero-order chi connectivity index (χ0) is 15.7. The number of hydrogen-bond acceptors (Lipinski definition) is 4. The summed E-state index contributed by atoms with van der Waals surface area (Å²) in [5, 5.41) is 4.13. The lowest BCUT2D eigenvalue weighted by Gasteiger charge is -2.33. The van der Waals surface area contributed by atoms with E-state index in [-0.39, 0.29) is 4.90 Å². The molecule has 0 aromatic carbocycles. The molecule has 0 amide bonds. The Morgan fingerprint density at radius 2 is 1.91 bits per heavy atom. The molecule has 1 aliphatic rings. The molecule has 2 aromatic rings. The first-order valence-electron chi connectivity index (χ1n) is 7.43. The van der Waals surface area contributed by atoms with Crippen LogP contribution in [0.15, 0.2) is 41.7 Å². The van der Waals surface area contributed by atoms with E-state index in [0.717, 1.165) is 6.42 Å². The van der Waals surface area contributed by atoms with Crippen molar-refractivity contribution in [1.82, 2.24) is 19.1 Å². The highest BCUT2D eigenvalue weighted by molar-refractivity contribution is 7.89. The maximum absolute atomic E-state index is 12.8. The van der Waals surface area contributed by atoms with Crippen LogP contribution in [0, 0.1) is 11.8 Å². The summed E-state index contributed by atoms with van der Waals surface area (Å²) in [5.41, 5.74) is 0. The number of piperidine rings is 1. The largest absolute Gasteiger partial charge is 0.246 e. The van der Waals surface area contributed by atoms with Gasteiger partial charge in [0.05, 0.1) is 12.4 Å². The molecule has 1 aliphatic heterocycles. The van der Waals surface area contributed by atoms with E-state index < -0.39 is 10.0 Å². The zero-order valence-electron chi connectivity index (χ0n) is 12.8. The van der Waals surface area contributed by atoms with Crippen molar-refractivity contribution >= 4 is 10.0 Å². The van der Waals surface area contributed by atoms with Gasteiger partial charge in [-0.3, -0.25) is 0 Å². The molecule has 2 atom stereocenters. The molecule has 0 spiro atoms. The number of hydrogen-bond donors (Lipinski definition) is 0. The molecule has 0 radical (unpaired) electrons. The fourth-order valence-electron chi connectivity index (χ4n) is 3.01. The van der Waals surface area contributed by atoms with Gasteiger partial charge >= 0.3 is 0 Å². The summed E-state index contributed by atoms with van der Waals surface area (Å²) in [6.07, 6.45) is 5.65. The van der Waals surface area contributed by atoms with Gasteiger partial charge in [0, 0.05) is 19.3 Å². The summed E-state index contributed by atoms with van der Waals surface area (Å²) in [5.74, 6) is 1.36. The molecule has 118 valence electrons. The van der Waals surface area contributed by atoms with Gasteiger partial charge in [0.15, 0.2) is 5.82 Å². The molecule has 3 heterocycles. The van der Waals surface area contributed by atoms with Crippen molar-refractivity contribution in [3.8, 4) is 5.82 Å². The van der Waals surface area contributed by atoms with Gasteiger partial charge in [0.2, 0.25) is 10.0 Å². The van der Waals surface area contributed by atoms with Gasteiger partial charge in [-0.1, -0.05) is 19.9 Å². The minimum atomic E-state index is -3.49. The van der Waals surface area contributed by atoms with Crippen molar-refractivity contribution in [3.05, 3.63) is 36.8 Å². The van der Waals surface area contributed by atoms with E-state index in [9.17, 15) is 8.42 Å². The van der Waals surface area contributed by atoms with Crippen molar-refractivity contribution in [2.45, 2.75) is 25.2 Å². The number of rotatable bonds is 3. The minimum absolute atomic E-state index is 0.222. The lowest BCUT2D eigenvalue weighted by molar-refractivity contribution is 0.222. The predicted octanol–water partition coefficient (Wildman–Crippen LogP) is 1.93. The molecular formula is C15H20N4O2S. The summed E-state index contributed by atoms with van der Waals surface area (Å²) in [7, 11) is -3.49. The second kappa shape index (κ2) is 5.81. The number of sulfonamides is 1. The number of pyridine rings is 1. The standard InChI is InChI=1S/C15H20N4O2S/c1-12-7-13(2)10-18(9-12)22(20,21)14-8-17-19(11-14)15-5-3-4-6-16-15/h3-6,8,11-13H,7,9-10H2,1-2H3/t12-,13+. The lowest BCUT2D eigenvalue weighted by atomic mass is 9.94. The Balaban J connectivity index is 1.89. The van der Waals surface area contributed by atoms with Gasteiger partial charge in [0.1, 0.15) is 4.90 Å². The summed E-state index contributed by atoms with van der Waals surface area (Å²) in [6, 6.07) is 5.43. The van der Waals surface area contributed by atoms with Crippen LogP contribution in [0.25, 0.3) is 5.82 Å². The average molecular weight is 320 g/mol. The lowest BCUT2D eigenvalue weighted by Crippen LogP contribution is -2.42. The third kappa shape index (κ3) is 2.91. The molecule has 1 fully saturated rings. The SMILES string of the molecule is C[C@@H]1C[C@H](C)CN(S(=O)(=O)c2cnn(-c3ccccn3)c2)C1. The number of nitrogens with zero attached hydrogens (tertiary/aromatic N) is 4. The third-order valence-corrected chi connectivity index (χ3v) is 5.70. The molecule has 0 saturated carbocycles. The van der Waals surface area contributed by atoms with Crippen LogP contribution in [0.3, 0.4) is 0 Å². The Hall–Kier alpha value is -1.73. The maximum Gasteiger partial charge on any atom is 0.246 e. The minimum Gasteiger partial charge on any atom is -0.237 e. The quantitative estimate of drug-likeness (QED) is 0.866. The van der Waals surface area contributed by atoms with E-state index >= 15 is 0 Å². The number of aromatic nitrogens is 3. The molecule has 3 rings (SSSR count). The average Bonchev–Trinajstić information content (AvgIpc) is 2.98. The molecule has 22 heavy (non-hydrogen) atoms. The summed E-state index contributed by atoms with van der Waals surface area (Å²) < 4.78 is 28.6. The zero-order valence-corrected chi connectivity index (χ0v) is 13.6. The molecule has 1 saturated heterocycles. The van der Waals surface area contributed by atoms with Crippen LogP contribution in [0.2, 0.25) is 0 Å². The fourth-order valence-corrected chi connectivity index (χ4v) is 4.62. The molecule has 6 nitrogen and oxygen atoms in total. The Bertz CT molecular complexity index is 732. The van der Waals surface area contributed by atoms with E-state index in [4.69, 9.17) is 0 Å². The molecule has 2 aromatic heterocycles. The van der Waals surface area contributed by atoms with E-state index in [2.05, 4.69) is 23.9 Å². The van der Waals surface area contributed by atoms with Crippen LogP contribution in [-0.2, 0) is 10.0 Å². The summed E-state index contributed by atoms with van der Waals surface area (Å²) >= 11 is 0. The van der Waals surface area contributed by atoms with Crippen molar-refractivity contribution in [2.75, 3.05) is 13.1 Å². The smallest absolute Gasteiger partial charge is 0.237 e. The van der Waals surface area contributed by atoms with Gasteiger partial charge in [-0.05, 0) is 30.4 Å². The summed E-state index contributed by atoms with van der Waals surface area (Å²) in [6.45, 7) is 5.33. The highest BCUT2D eigenvalue weighted by Crippen LogP contribution is 2.26. The van der Waals surface area contributed by atoms with E-state index in [1.165, 1.54) is 17.1 Å². The highest BCUT2D eigenvalue weighted by Gasteiger charge is 2.32. The van der Waals surface area contributed by atoms with Gasteiger partial charge in [-0.2, -0.15) is 9.40 Å². The third-order valence-electron chi connectivity index (χ3n) is 3.92. The Morgan fingerprint density at radius 1 is 1.18 bits per heavy atom. The molecular weight excluding hydrogens is 300 g/mol. The molecule has 0 unspecified atom stereocenters. The van der Waals surface area contributed by atoms with Crippen LogP contribution in [0.4, 0.5) is 0 Å².